The Morgan fingerprint density at radius 1 is 1.47 bits per heavy atom. The standard InChI is InChI=1S/C11H10ClIN2/c1-8-2-3-9(5-12)4-11(8)15-7-10(13)6-14-15/h2-4,6-7H,5H2,1H3. The molecule has 0 amide bonds. The van der Waals surface area contributed by atoms with Crippen molar-refractivity contribution in [3.05, 3.63) is 45.3 Å². The number of hydrogen-bond acceptors (Lipinski definition) is 1. The third kappa shape index (κ3) is 2.34. The molecule has 2 rings (SSSR count). The van der Waals surface area contributed by atoms with Crippen LogP contribution < -0.4 is 0 Å². The molecular weight excluding hydrogens is 322 g/mol. The van der Waals surface area contributed by atoms with Crippen LogP contribution in [0.25, 0.3) is 5.69 Å². The maximum absolute atomic E-state index is 5.81. The first-order chi connectivity index (χ1) is 7.20. The summed E-state index contributed by atoms with van der Waals surface area (Å²) in [5, 5.41) is 4.29. The second-order valence-electron chi connectivity index (χ2n) is 3.36. The van der Waals surface area contributed by atoms with Crippen LogP contribution >= 0.6 is 34.2 Å². The molecule has 4 heteroatoms. The van der Waals surface area contributed by atoms with Gasteiger partial charge in [-0.05, 0) is 46.7 Å². The van der Waals surface area contributed by atoms with Crippen molar-refractivity contribution in [2.45, 2.75) is 12.8 Å². The average molecular weight is 333 g/mol. The Balaban J connectivity index is 2.51. The molecule has 1 heterocycles. The van der Waals surface area contributed by atoms with Crippen molar-refractivity contribution in [2.75, 3.05) is 0 Å². The number of rotatable bonds is 2. The number of benzene rings is 1. The Labute approximate surface area is 107 Å². The monoisotopic (exact) mass is 332 g/mol. The van der Waals surface area contributed by atoms with E-state index < -0.39 is 0 Å². The van der Waals surface area contributed by atoms with Gasteiger partial charge in [0.1, 0.15) is 0 Å². The van der Waals surface area contributed by atoms with Crippen molar-refractivity contribution in [1.82, 2.24) is 9.78 Å². The maximum atomic E-state index is 5.81. The third-order valence-corrected chi connectivity index (χ3v) is 3.09. The van der Waals surface area contributed by atoms with Gasteiger partial charge >= 0.3 is 0 Å². The Morgan fingerprint density at radius 3 is 2.87 bits per heavy atom. The zero-order valence-electron chi connectivity index (χ0n) is 8.24. The number of aryl methyl sites for hydroxylation is 1. The first-order valence-electron chi connectivity index (χ1n) is 4.57. The van der Waals surface area contributed by atoms with Crippen molar-refractivity contribution in [3.8, 4) is 5.69 Å². The van der Waals surface area contributed by atoms with E-state index in [1.54, 1.807) is 0 Å². The van der Waals surface area contributed by atoms with E-state index in [1.165, 1.54) is 5.56 Å². The van der Waals surface area contributed by atoms with E-state index in [2.05, 4.69) is 46.7 Å². The zero-order valence-corrected chi connectivity index (χ0v) is 11.2. The topological polar surface area (TPSA) is 17.8 Å². The van der Waals surface area contributed by atoms with Crippen LogP contribution in [0.5, 0.6) is 0 Å². The summed E-state index contributed by atoms with van der Waals surface area (Å²) in [6.07, 6.45) is 3.84. The number of nitrogens with zero attached hydrogens (tertiary/aromatic N) is 2. The first kappa shape index (κ1) is 11.0. The molecule has 0 fully saturated rings. The Morgan fingerprint density at radius 2 is 2.27 bits per heavy atom. The van der Waals surface area contributed by atoms with Crippen molar-refractivity contribution in [2.24, 2.45) is 0 Å². The predicted octanol–water partition coefficient (Wildman–Crippen LogP) is 3.52. The summed E-state index contributed by atoms with van der Waals surface area (Å²) in [7, 11) is 0. The normalized spacial score (nSPS) is 10.6. The molecule has 0 atom stereocenters. The molecule has 0 aliphatic rings. The van der Waals surface area contributed by atoms with Crippen molar-refractivity contribution in [3.63, 3.8) is 0 Å². The van der Waals surface area contributed by atoms with Gasteiger partial charge < -0.3 is 0 Å². The summed E-state index contributed by atoms with van der Waals surface area (Å²) in [5.41, 5.74) is 3.40. The lowest BCUT2D eigenvalue weighted by atomic mass is 10.1. The van der Waals surface area contributed by atoms with Crippen LogP contribution in [-0.4, -0.2) is 9.78 Å². The van der Waals surface area contributed by atoms with Crippen molar-refractivity contribution >= 4 is 34.2 Å². The molecule has 0 aliphatic heterocycles. The number of hydrogen-bond donors (Lipinski definition) is 0. The highest BCUT2D eigenvalue weighted by Crippen LogP contribution is 2.17. The molecule has 2 nitrogen and oxygen atoms in total. The Kier molecular flexibility index (Phi) is 3.31. The quantitative estimate of drug-likeness (QED) is 0.608. The minimum atomic E-state index is 0.533. The number of aromatic nitrogens is 2. The minimum absolute atomic E-state index is 0.533. The summed E-state index contributed by atoms with van der Waals surface area (Å²) >= 11 is 8.06. The van der Waals surface area contributed by atoms with Crippen LogP contribution in [0.2, 0.25) is 0 Å². The van der Waals surface area contributed by atoms with E-state index in [1.807, 2.05) is 23.1 Å². The van der Waals surface area contributed by atoms with Gasteiger partial charge in [-0.25, -0.2) is 4.68 Å². The molecule has 0 spiro atoms. The van der Waals surface area contributed by atoms with Gasteiger partial charge in [-0.3, -0.25) is 0 Å². The van der Waals surface area contributed by atoms with Crippen molar-refractivity contribution < 1.29 is 0 Å². The van der Waals surface area contributed by atoms with E-state index in [9.17, 15) is 0 Å². The summed E-state index contributed by atoms with van der Waals surface area (Å²) in [6, 6.07) is 6.19. The minimum Gasteiger partial charge on any atom is -0.240 e. The molecule has 0 saturated carbocycles. The summed E-state index contributed by atoms with van der Waals surface area (Å²) < 4.78 is 3.01. The molecule has 78 valence electrons. The maximum Gasteiger partial charge on any atom is 0.0678 e. The van der Waals surface area contributed by atoms with E-state index in [0.29, 0.717) is 5.88 Å². The molecule has 2 aromatic rings. The van der Waals surface area contributed by atoms with Crippen LogP contribution in [0.15, 0.2) is 30.6 Å². The highest BCUT2D eigenvalue weighted by molar-refractivity contribution is 14.1. The van der Waals surface area contributed by atoms with Gasteiger partial charge in [0.25, 0.3) is 0 Å². The molecule has 0 aliphatic carbocycles. The van der Waals surface area contributed by atoms with E-state index in [0.717, 1.165) is 14.8 Å². The van der Waals surface area contributed by atoms with E-state index in [-0.39, 0.29) is 0 Å². The highest BCUT2D eigenvalue weighted by atomic mass is 127. The molecule has 0 radical (unpaired) electrons. The summed E-state index contributed by atoms with van der Waals surface area (Å²) in [5.74, 6) is 0.533. The van der Waals surface area contributed by atoms with Gasteiger partial charge in [-0.15, -0.1) is 11.6 Å². The molecule has 0 bridgehead atoms. The summed E-state index contributed by atoms with van der Waals surface area (Å²) in [6.45, 7) is 2.07. The van der Waals surface area contributed by atoms with Gasteiger partial charge in [0.05, 0.1) is 15.5 Å². The largest absolute Gasteiger partial charge is 0.240 e. The lowest BCUT2D eigenvalue weighted by Crippen LogP contribution is -1.98. The highest BCUT2D eigenvalue weighted by Gasteiger charge is 2.03. The second-order valence-corrected chi connectivity index (χ2v) is 4.87. The smallest absolute Gasteiger partial charge is 0.0678 e. The SMILES string of the molecule is Cc1ccc(CCl)cc1-n1cc(I)cn1. The fourth-order valence-electron chi connectivity index (χ4n) is 1.42. The lowest BCUT2D eigenvalue weighted by Gasteiger charge is -2.07. The molecular formula is C11H10ClIN2. The Bertz CT molecular complexity index is 479. The molecule has 0 saturated heterocycles. The fourth-order valence-corrected chi connectivity index (χ4v) is 1.97. The van der Waals surface area contributed by atoms with Crippen LogP contribution in [-0.2, 0) is 5.88 Å². The predicted molar refractivity (Wildman–Crippen MR) is 70.6 cm³/mol. The molecule has 1 aromatic heterocycles. The van der Waals surface area contributed by atoms with E-state index in [4.69, 9.17) is 11.6 Å². The first-order valence-corrected chi connectivity index (χ1v) is 6.18. The van der Waals surface area contributed by atoms with E-state index >= 15 is 0 Å². The fraction of sp³-hybridized carbons (Fsp3) is 0.182. The molecule has 15 heavy (non-hydrogen) atoms. The van der Waals surface area contributed by atoms with Crippen molar-refractivity contribution in [1.29, 1.82) is 0 Å². The van der Waals surface area contributed by atoms with Crippen LogP contribution in [0, 0.1) is 10.5 Å². The van der Waals surface area contributed by atoms with Gasteiger partial charge in [0.2, 0.25) is 0 Å². The molecule has 0 unspecified atom stereocenters. The van der Waals surface area contributed by atoms with Crippen LogP contribution in [0.3, 0.4) is 0 Å². The summed E-state index contributed by atoms with van der Waals surface area (Å²) in [4.78, 5) is 0. The zero-order chi connectivity index (χ0) is 10.8. The number of halogens is 2. The van der Waals surface area contributed by atoms with Gasteiger partial charge in [0.15, 0.2) is 0 Å². The van der Waals surface area contributed by atoms with Gasteiger partial charge in [-0.1, -0.05) is 12.1 Å². The lowest BCUT2D eigenvalue weighted by molar-refractivity contribution is 0.871. The third-order valence-electron chi connectivity index (χ3n) is 2.23. The molecule has 0 N–H and O–H groups in total. The van der Waals surface area contributed by atoms with Crippen LogP contribution in [0.1, 0.15) is 11.1 Å². The van der Waals surface area contributed by atoms with Gasteiger partial charge in [0, 0.05) is 12.1 Å². The van der Waals surface area contributed by atoms with Crippen LogP contribution in [0.4, 0.5) is 0 Å². The molecule has 1 aromatic carbocycles. The Hall–Kier alpha value is -0.550. The second kappa shape index (κ2) is 4.53. The number of alkyl halides is 1. The average Bonchev–Trinajstić information content (AvgIpc) is 2.65. The van der Waals surface area contributed by atoms with Gasteiger partial charge in [-0.2, -0.15) is 5.10 Å².